The molecule has 0 radical (unpaired) electrons. The molecule has 2 N–H and O–H groups in total. The molecule has 2 fully saturated rings. The fourth-order valence-electron chi connectivity index (χ4n) is 3.68. The molecule has 1 saturated carbocycles. The molecule has 1 atom stereocenters. The first-order valence-corrected chi connectivity index (χ1v) is 10.6. The van der Waals surface area contributed by atoms with Crippen molar-refractivity contribution in [3.63, 3.8) is 0 Å². The lowest BCUT2D eigenvalue weighted by molar-refractivity contribution is 0.351. The maximum absolute atomic E-state index is 12.5. The third-order valence-corrected chi connectivity index (χ3v) is 6.76. The van der Waals surface area contributed by atoms with Crippen molar-refractivity contribution >= 4 is 10.0 Å². The lowest BCUT2D eigenvalue weighted by Gasteiger charge is -2.15. The average Bonchev–Trinajstić information content (AvgIpc) is 3.24. The quantitative estimate of drug-likeness (QED) is 0.790. The van der Waals surface area contributed by atoms with Crippen LogP contribution in [-0.2, 0) is 16.6 Å². The van der Waals surface area contributed by atoms with Crippen LogP contribution in [0.5, 0.6) is 0 Å². The van der Waals surface area contributed by atoms with Crippen molar-refractivity contribution in [1.82, 2.24) is 14.9 Å². The largest absolute Gasteiger partial charge is 0.310 e. The smallest absolute Gasteiger partial charge is 0.240 e. The molecule has 0 amide bonds. The second kappa shape index (κ2) is 7.95. The standard InChI is InChI=1S/C18H29N3O2S/c1-2-21-12-11-17(14-21)20-24(22,23)18-9-7-15(8-10-18)13-19-16-5-3-4-6-16/h7-10,16-17,19-20H,2-6,11-14H2,1H3/t17-/m0/s1. The highest BCUT2D eigenvalue weighted by atomic mass is 32.2. The molecule has 0 aromatic heterocycles. The van der Waals surface area contributed by atoms with Crippen molar-refractivity contribution in [3.8, 4) is 0 Å². The predicted molar refractivity (Wildman–Crippen MR) is 96.4 cm³/mol. The van der Waals surface area contributed by atoms with E-state index in [9.17, 15) is 8.42 Å². The Morgan fingerprint density at radius 1 is 1.08 bits per heavy atom. The van der Waals surface area contributed by atoms with Crippen LogP contribution < -0.4 is 10.0 Å². The molecule has 24 heavy (non-hydrogen) atoms. The SMILES string of the molecule is CCN1CC[C@H](NS(=O)(=O)c2ccc(CNC3CCCC3)cc2)C1. The number of sulfonamides is 1. The van der Waals surface area contributed by atoms with Crippen LogP contribution in [0.2, 0.25) is 0 Å². The van der Waals surface area contributed by atoms with Crippen LogP contribution in [0.4, 0.5) is 0 Å². The second-order valence-corrected chi connectivity index (χ2v) is 8.72. The summed E-state index contributed by atoms with van der Waals surface area (Å²) in [6.07, 6.45) is 6.03. The number of likely N-dealkylation sites (N-methyl/N-ethyl adjacent to an activating group) is 1. The zero-order valence-corrected chi connectivity index (χ0v) is 15.3. The molecule has 6 heteroatoms. The van der Waals surface area contributed by atoms with Crippen LogP contribution in [0.15, 0.2) is 29.2 Å². The van der Waals surface area contributed by atoms with E-state index in [0.717, 1.165) is 38.2 Å². The minimum atomic E-state index is -3.42. The lowest BCUT2D eigenvalue weighted by Crippen LogP contribution is -2.37. The van der Waals surface area contributed by atoms with Crippen molar-refractivity contribution < 1.29 is 8.42 Å². The zero-order chi connectivity index (χ0) is 17.0. The minimum Gasteiger partial charge on any atom is -0.310 e. The molecular weight excluding hydrogens is 322 g/mol. The Labute approximate surface area is 145 Å². The third kappa shape index (κ3) is 4.57. The molecule has 1 aliphatic carbocycles. The highest BCUT2D eigenvalue weighted by molar-refractivity contribution is 7.89. The van der Waals surface area contributed by atoms with Gasteiger partial charge in [0, 0.05) is 25.2 Å². The molecule has 1 heterocycles. The number of hydrogen-bond donors (Lipinski definition) is 2. The number of hydrogen-bond acceptors (Lipinski definition) is 4. The maximum Gasteiger partial charge on any atom is 0.240 e. The maximum atomic E-state index is 12.5. The van der Waals surface area contributed by atoms with Crippen molar-refractivity contribution in [2.45, 2.75) is 62.6 Å². The minimum absolute atomic E-state index is 0.0265. The summed E-state index contributed by atoms with van der Waals surface area (Å²) >= 11 is 0. The van der Waals surface area contributed by atoms with E-state index in [1.54, 1.807) is 12.1 Å². The zero-order valence-electron chi connectivity index (χ0n) is 14.5. The fourth-order valence-corrected chi connectivity index (χ4v) is 4.94. The van der Waals surface area contributed by atoms with E-state index in [0.29, 0.717) is 10.9 Å². The third-order valence-electron chi connectivity index (χ3n) is 5.23. The summed E-state index contributed by atoms with van der Waals surface area (Å²) in [6.45, 7) is 5.66. The Balaban J connectivity index is 1.55. The molecular formula is C18H29N3O2S. The summed E-state index contributed by atoms with van der Waals surface area (Å²) in [7, 11) is -3.42. The first-order chi connectivity index (χ1) is 11.6. The number of benzene rings is 1. The van der Waals surface area contributed by atoms with Crippen LogP contribution in [0.25, 0.3) is 0 Å². The van der Waals surface area contributed by atoms with Crippen molar-refractivity contribution in [2.75, 3.05) is 19.6 Å². The van der Waals surface area contributed by atoms with Crippen molar-refractivity contribution in [1.29, 1.82) is 0 Å². The van der Waals surface area contributed by atoms with Crippen LogP contribution in [0.3, 0.4) is 0 Å². The Kier molecular flexibility index (Phi) is 5.92. The molecule has 0 bridgehead atoms. The molecule has 0 unspecified atom stereocenters. The summed E-state index contributed by atoms with van der Waals surface area (Å²) < 4.78 is 27.9. The normalized spacial score (nSPS) is 23.1. The van der Waals surface area contributed by atoms with Gasteiger partial charge < -0.3 is 10.2 Å². The van der Waals surface area contributed by atoms with E-state index in [-0.39, 0.29) is 6.04 Å². The van der Waals surface area contributed by atoms with Gasteiger partial charge in [0.1, 0.15) is 0 Å². The monoisotopic (exact) mass is 351 g/mol. The van der Waals surface area contributed by atoms with Gasteiger partial charge in [-0.1, -0.05) is 31.9 Å². The second-order valence-electron chi connectivity index (χ2n) is 7.01. The van der Waals surface area contributed by atoms with E-state index < -0.39 is 10.0 Å². The van der Waals surface area contributed by atoms with E-state index in [2.05, 4.69) is 21.9 Å². The first-order valence-electron chi connectivity index (χ1n) is 9.14. The van der Waals surface area contributed by atoms with E-state index in [1.165, 1.54) is 25.7 Å². The molecule has 2 aliphatic rings. The van der Waals surface area contributed by atoms with Crippen LogP contribution in [-0.4, -0.2) is 45.0 Å². The lowest BCUT2D eigenvalue weighted by atomic mass is 10.2. The van der Waals surface area contributed by atoms with Gasteiger partial charge in [-0.15, -0.1) is 0 Å². The fraction of sp³-hybridized carbons (Fsp3) is 0.667. The van der Waals surface area contributed by atoms with Gasteiger partial charge in [0.15, 0.2) is 0 Å². The molecule has 134 valence electrons. The van der Waals surface area contributed by atoms with Gasteiger partial charge in [-0.3, -0.25) is 0 Å². The molecule has 3 rings (SSSR count). The topological polar surface area (TPSA) is 61.4 Å². The van der Waals surface area contributed by atoms with Crippen molar-refractivity contribution in [3.05, 3.63) is 29.8 Å². The van der Waals surface area contributed by atoms with Gasteiger partial charge in [0.05, 0.1) is 4.90 Å². The van der Waals surface area contributed by atoms with Gasteiger partial charge in [-0.25, -0.2) is 13.1 Å². The van der Waals surface area contributed by atoms with Gasteiger partial charge in [-0.2, -0.15) is 0 Å². The van der Waals surface area contributed by atoms with Crippen LogP contribution >= 0.6 is 0 Å². The van der Waals surface area contributed by atoms with E-state index in [1.807, 2.05) is 12.1 Å². The first kappa shape index (κ1) is 17.9. The summed E-state index contributed by atoms with van der Waals surface area (Å²) in [6, 6.07) is 7.94. The van der Waals surface area contributed by atoms with Gasteiger partial charge >= 0.3 is 0 Å². The molecule has 1 aromatic rings. The molecule has 1 saturated heterocycles. The molecule has 1 aliphatic heterocycles. The van der Waals surface area contributed by atoms with E-state index >= 15 is 0 Å². The number of nitrogens with one attached hydrogen (secondary N) is 2. The van der Waals surface area contributed by atoms with E-state index in [4.69, 9.17) is 0 Å². The average molecular weight is 352 g/mol. The number of likely N-dealkylation sites (tertiary alicyclic amines) is 1. The summed E-state index contributed by atoms with van der Waals surface area (Å²) in [5, 5.41) is 3.56. The Bertz CT molecular complexity index is 624. The van der Waals surface area contributed by atoms with Crippen molar-refractivity contribution in [2.24, 2.45) is 0 Å². The number of rotatable bonds is 7. The summed E-state index contributed by atoms with van der Waals surface area (Å²) in [5.41, 5.74) is 1.14. The highest BCUT2D eigenvalue weighted by Gasteiger charge is 2.26. The summed E-state index contributed by atoms with van der Waals surface area (Å²) in [5.74, 6) is 0. The number of nitrogens with zero attached hydrogens (tertiary/aromatic N) is 1. The Morgan fingerprint density at radius 2 is 1.79 bits per heavy atom. The van der Waals surface area contributed by atoms with Gasteiger partial charge in [0.2, 0.25) is 10.0 Å². The summed E-state index contributed by atoms with van der Waals surface area (Å²) in [4.78, 5) is 2.63. The predicted octanol–water partition coefficient (Wildman–Crippen LogP) is 2.09. The van der Waals surface area contributed by atoms with Gasteiger partial charge in [-0.05, 0) is 50.0 Å². The highest BCUT2D eigenvalue weighted by Crippen LogP contribution is 2.19. The molecule has 1 aromatic carbocycles. The van der Waals surface area contributed by atoms with Crippen LogP contribution in [0, 0.1) is 0 Å². The Hall–Kier alpha value is -0.950. The molecule has 5 nitrogen and oxygen atoms in total. The van der Waals surface area contributed by atoms with Crippen LogP contribution in [0.1, 0.15) is 44.6 Å². The van der Waals surface area contributed by atoms with Gasteiger partial charge in [0.25, 0.3) is 0 Å². The Morgan fingerprint density at radius 3 is 2.42 bits per heavy atom. The molecule has 0 spiro atoms.